The summed E-state index contributed by atoms with van der Waals surface area (Å²) in [6.45, 7) is 4.78. The highest BCUT2D eigenvalue weighted by molar-refractivity contribution is 6.07. The molecule has 8 nitrogen and oxygen atoms in total. The van der Waals surface area contributed by atoms with Gasteiger partial charge in [-0.15, -0.1) is 0 Å². The van der Waals surface area contributed by atoms with E-state index in [1.165, 1.54) is 84.8 Å². The molecule has 0 fully saturated rings. The fraction of sp³-hybridized carbons (Fsp3) is 0.686. The van der Waals surface area contributed by atoms with E-state index in [0.29, 0.717) is 30.3 Å². The van der Waals surface area contributed by atoms with Crippen LogP contribution in [0.3, 0.4) is 0 Å². The molecule has 0 spiro atoms. The number of benzene rings is 1. The summed E-state index contributed by atoms with van der Waals surface area (Å²) >= 11 is 0. The molecule has 1 aliphatic heterocycles. The van der Waals surface area contributed by atoms with Gasteiger partial charge in [-0.1, -0.05) is 96.1 Å². The maximum absolute atomic E-state index is 13.3. The van der Waals surface area contributed by atoms with E-state index in [9.17, 15) is 9.59 Å². The topological polar surface area (TPSA) is 109 Å². The predicted molar refractivity (Wildman–Crippen MR) is 173 cm³/mol. The molecule has 2 rings (SSSR count). The minimum atomic E-state index is -0.806. The molecule has 0 aromatic heterocycles. The zero-order chi connectivity index (χ0) is 31.5. The number of nitrogens with two attached hydrogens (primary N) is 1. The van der Waals surface area contributed by atoms with Crippen LogP contribution in [0.1, 0.15) is 114 Å². The van der Waals surface area contributed by atoms with Crippen molar-refractivity contribution in [3.8, 4) is 5.75 Å². The Hall–Kier alpha value is -2.71. The first-order valence-corrected chi connectivity index (χ1v) is 16.3. The van der Waals surface area contributed by atoms with Crippen molar-refractivity contribution < 1.29 is 28.5 Å². The molecule has 43 heavy (non-hydrogen) atoms. The van der Waals surface area contributed by atoms with Crippen LogP contribution in [-0.4, -0.2) is 58.7 Å². The molecule has 1 aliphatic rings. The predicted octanol–water partition coefficient (Wildman–Crippen LogP) is 7.08. The lowest BCUT2D eigenvalue weighted by atomic mass is 9.73. The molecule has 0 amide bonds. The monoisotopic (exact) mass is 600 g/mol. The molecular formula is C35H56N2O6. The molecule has 2 N–H and O–H groups in total. The largest absolute Gasteiger partial charge is 0.496 e. The van der Waals surface area contributed by atoms with E-state index >= 15 is 0 Å². The molecular weight excluding hydrogens is 544 g/mol. The highest BCUT2D eigenvalue weighted by Gasteiger charge is 2.44. The lowest BCUT2D eigenvalue weighted by Crippen LogP contribution is -2.37. The number of carbonyl (C=O) groups is 2. The van der Waals surface area contributed by atoms with E-state index in [0.717, 1.165) is 30.4 Å². The first-order chi connectivity index (χ1) is 20.9. The lowest BCUT2D eigenvalue weighted by Gasteiger charge is -2.33. The van der Waals surface area contributed by atoms with E-state index in [1.54, 1.807) is 14.0 Å². The quantitative estimate of drug-likeness (QED) is 0.112. The summed E-state index contributed by atoms with van der Waals surface area (Å²) in [5.41, 5.74) is 8.73. The minimum Gasteiger partial charge on any atom is -0.496 e. The summed E-state index contributed by atoms with van der Waals surface area (Å²) in [5, 5.41) is 0. The number of unbranched alkanes of at least 4 members (excludes halogenated alkanes) is 12. The second-order valence-corrected chi connectivity index (χ2v) is 11.5. The van der Waals surface area contributed by atoms with Crippen LogP contribution in [0.4, 0.5) is 0 Å². The molecule has 0 aliphatic carbocycles. The number of nitrogens with zero attached hydrogens (tertiary/aromatic N) is 1. The zero-order valence-corrected chi connectivity index (χ0v) is 27.4. The fourth-order valence-electron chi connectivity index (χ4n) is 6.06. The van der Waals surface area contributed by atoms with Gasteiger partial charge in [0, 0.05) is 23.7 Å². The SMILES string of the molecule is CCCCCCCCCCCCCCCc1cccc(OC)c1C1C(C(=O)OC)=C(COCCN)N=C(C)C1C(=O)OC. The number of aryl methyl sites for hydroxylation is 1. The summed E-state index contributed by atoms with van der Waals surface area (Å²) in [4.78, 5) is 31.2. The van der Waals surface area contributed by atoms with Crippen molar-refractivity contribution in [2.24, 2.45) is 16.6 Å². The van der Waals surface area contributed by atoms with Crippen molar-refractivity contribution >= 4 is 17.7 Å². The number of ether oxygens (including phenoxy) is 4. The first-order valence-electron chi connectivity index (χ1n) is 16.3. The summed E-state index contributed by atoms with van der Waals surface area (Å²) in [5.74, 6) is -1.91. The number of hydrogen-bond donors (Lipinski definition) is 1. The Balaban J connectivity index is 2.19. The third kappa shape index (κ3) is 11.4. The van der Waals surface area contributed by atoms with Crippen LogP contribution in [0.25, 0.3) is 0 Å². The van der Waals surface area contributed by atoms with E-state index in [2.05, 4.69) is 18.0 Å². The van der Waals surface area contributed by atoms with E-state index in [4.69, 9.17) is 24.7 Å². The van der Waals surface area contributed by atoms with Crippen LogP contribution < -0.4 is 10.5 Å². The van der Waals surface area contributed by atoms with Crippen molar-refractivity contribution in [2.75, 3.05) is 41.1 Å². The third-order valence-corrected chi connectivity index (χ3v) is 8.32. The van der Waals surface area contributed by atoms with Crippen molar-refractivity contribution in [2.45, 2.75) is 110 Å². The first kappa shape index (κ1) is 36.5. The second-order valence-electron chi connectivity index (χ2n) is 11.5. The summed E-state index contributed by atoms with van der Waals surface area (Å²) in [6, 6.07) is 5.90. The van der Waals surface area contributed by atoms with Gasteiger partial charge in [0.25, 0.3) is 0 Å². The van der Waals surface area contributed by atoms with E-state index < -0.39 is 23.8 Å². The number of esters is 2. The minimum absolute atomic E-state index is 0.0761. The summed E-state index contributed by atoms with van der Waals surface area (Å²) in [7, 11) is 4.29. The van der Waals surface area contributed by atoms with Crippen LogP contribution in [0.5, 0.6) is 5.75 Å². The zero-order valence-electron chi connectivity index (χ0n) is 27.4. The number of methoxy groups -OCH3 is 3. The van der Waals surface area contributed by atoms with E-state index in [1.807, 2.05) is 12.1 Å². The standard InChI is InChI=1S/C35H56N2O6/c1-6-7-8-9-10-11-12-13-14-15-16-17-18-20-27-21-19-22-29(40-3)31(27)33-30(34(38)41-4)26(2)37-28(25-43-24-23-36)32(33)35(39)42-5/h19,21-22,30,33H,6-18,20,23-25,36H2,1-5H3. The Kier molecular flexibility index (Phi) is 17.9. The van der Waals surface area contributed by atoms with Crippen LogP contribution in [-0.2, 0) is 30.2 Å². The summed E-state index contributed by atoms with van der Waals surface area (Å²) in [6.07, 6.45) is 17.5. The normalized spacial score (nSPS) is 16.7. The van der Waals surface area contributed by atoms with Gasteiger partial charge in [0.15, 0.2) is 0 Å². The van der Waals surface area contributed by atoms with Crippen molar-refractivity contribution in [3.63, 3.8) is 0 Å². The Labute approximate surface area is 259 Å². The van der Waals surface area contributed by atoms with Crippen molar-refractivity contribution in [1.29, 1.82) is 0 Å². The Morgan fingerprint density at radius 1 is 0.860 bits per heavy atom. The van der Waals surface area contributed by atoms with Crippen LogP contribution in [0.15, 0.2) is 34.5 Å². The maximum atomic E-state index is 13.3. The highest BCUT2D eigenvalue weighted by atomic mass is 16.5. The van der Waals surface area contributed by atoms with Crippen LogP contribution >= 0.6 is 0 Å². The number of hydrogen-bond acceptors (Lipinski definition) is 8. The number of rotatable bonds is 22. The van der Waals surface area contributed by atoms with Gasteiger partial charge in [-0.25, -0.2) is 4.79 Å². The third-order valence-electron chi connectivity index (χ3n) is 8.32. The van der Waals surface area contributed by atoms with Gasteiger partial charge in [-0.3, -0.25) is 9.79 Å². The molecule has 0 saturated carbocycles. The molecule has 2 atom stereocenters. The van der Waals surface area contributed by atoms with Crippen LogP contribution in [0, 0.1) is 5.92 Å². The van der Waals surface area contributed by atoms with Gasteiger partial charge in [-0.05, 0) is 31.4 Å². The molecule has 0 saturated heterocycles. The Morgan fingerprint density at radius 3 is 2.00 bits per heavy atom. The Morgan fingerprint density at radius 2 is 1.47 bits per heavy atom. The molecule has 0 radical (unpaired) electrons. The van der Waals surface area contributed by atoms with Crippen molar-refractivity contribution in [1.82, 2.24) is 0 Å². The maximum Gasteiger partial charge on any atom is 0.336 e. The number of aliphatic imine (C=N–C) groups is 1. The summed E-state index contributed by atoms with van der Waals surface area (Å²) < 4.78 is 22.0. The molecule has 1 aromatic rings. The molecule has 1 heterocycles. The van der Waals surface area contributed by atoms with Gasteiger partial charge in [-0.2, -0.15) is 0 Å². The fourth-order valence-corrected chi connectivity index (χ4v) is 6.06. The average Bonchev–Trinajstić information content (AvgIpc) is 3.02. The second kappa shape index (κ2) is 21.1. The smallest absolute Gasteiger partial charge is 0.336 e. The molecule has 1 aromatic carbocycles. The molecule has 0 bridgehead atoms. The van der Waals surface area contributed by atoms with Crippen molar-refractivity contribution in [3.05, 3.63) is 40.6 Å². The molecule has 242 valence electrons. The Bertz CT molecular complexity index is 1050. The van der Waals surface area contributed by atoms with Gasteiger partial charge >= 0.3 is 11.9 Å². The highest BCUT2D eigenvalue weighted by Crippen LogP contribution is 2.45. The molecule has 8 heteroatoms. The van der Waals surface area contributed by atoms with Gasteiger partial charge in [0.1, 0.15) is 11.7 Å². The van der Waals surface area contributed by atoms with Gasteiger partial charge in [0.2, 0.25) is 0 Å². The number of carbonyl (C=O) groups excluding carboxylic acids is 2. The lowest BCUT2D eigenvalue weighted by molar-refractivity contribution is -0.143. The molecule has 2 unspecified atom stereocenters. The van der Waals surface area contributed by atoms with Gasteiger partial charge < -0.3 is 24.7 Å². The van der Waals surface area contributed by atoms with Gasteiger partial charge in [0.05, 0.1) is 45.8 Å². The van der Waals surface area contributed by atoms with E-state index in [-0.39, 0.29) is 12.2 Å². The van der Waals surface area contributed by atoms with Crippen LogP contribution in [0.2, 0.25) is 0 Å². The average molecular weight is 601 g/mol.